The molecule has 0 rings (SSSR count). The topological polar surface area (TPSA) is 26.3 Å². The zero-order chi connectivity index (χ0) is 8.69. The largest absolute Gasteiger partial charge is 0.462 e. The summed E-state index contributed by atoms with van der Waals surface area (Å²) in [5.74, 6) is -0.324. The van der Waals surface area contributed by atoms with Gasteiger partial charge in [0.1, 0.15) is 4.48 Å². The maximum atomic E-state index is 10.9. The van der Waals surface area contributed by atoms with Crippen molar-refractivity contribution in [2.45, 2.75) is 19.8 Å². The molecule has 2 nitrogen and oxygen atoms in total. The average molecular weight is 286 g/mol. The summed E-state index contributed by atoms with van der Waals surface area (Å²) < 4.78 is 5.26. The second-order valence-electron chi connectivity index (χ2n) is 1.95. The zero-order valence-electron chi connectivity index (χ0n) is 6.27. The van der Waals surface area contributed by atoms with Gasteiger partial charge in [0.25, 0.3) is 0 Å². The lowest BCUT2D eigenvalue weighted by Crippen LogP contribution is -2.04. The van der Waals surface area contributed by atoms with Crippen LogP contribution in [0.25, 0.3) is 0 Å². The van der Waals surface area contributed by atoms with Crippen LogP contribution in [0.5, 0.6) is 0 Å². The van der Waals surface area contributed by atoms with Crippen LogP contribution in [0.15, 0.2) is 9.47 Å². The first-order chi connectivity index (χ1) is 5.22. The van der Waals surface area contributed by atoms with Crippen molar-refractivity contribution in [3.05, 3.63) is 9.47 Å². The van der Waals surface area contributed by atoms with E-state index in [0.29, 0.717) is 11.1 Å². The molecule has 0 fully saturated rings. The summed E-state index contributed by atoms with van der Waals surface area (Å²) in [6.07, 6.45) is 1.94. The van der Waals surface area contributed by atoms with Gasteiger partial charge in [-0.2, -0.15) is 0 Å². The number of halogens is 2. The van der Waals surface area contributed by atoms with E-state index >= 15 is 0 Å². The van der Waals surface area contributed by atoms with Crippen LogP contribution in [0.2, 0.25) is 0 Å². The summed E-state index contributed by atoms with van der Waals surface area (Å²) in [7, 11) is 0. The van der Waals surface area contributed by atoms with E-state index in [9.17, 15) is 4.79 Å². The molecule has 0 aliphatic carbocycles. The van der Waals surface area contributed by atoms with Crippen LogP contribution >= 0.6 is 31.9 Å². The molecule has 64 valence electrons. The molecule has 0 saturated heterocycles. The van der Waals surface area contributed by atoms with Gasteiger partial charge >= 0.3 is 5.97 Å². The minimum absolute atomic E-state index is 0.324. The Kier molecular flexibility index (Phi) is 6.96. The van der Waals surface area contributed by atoms with Crippen LogP contribution in [0.4, 0.5) is 0 Å². The molecule has 0 radical (unpaired) electrons. The fourth-order valence-corrected chi connectivity index (χ4v) is 0.724. The Morgan fingerprint density at radius 2 is 2.27 bits per heavy atom. The van der Waals surface area contributed by atoms with Gasteiger partial charge in [0.15, 0.2) is 0 Å². The van der Waals surface area contributed by atoms with Gasteiger partial charge < -0.3 is 4.74 Å². The number of carbonyl (C=O) groups is 1. The molecule has 0 heterocycles. The van der Waals surface area contributed by atoms with Gasteiger partial charge in [0.2, 0.25) is 0 Å². The molecule has 0 aliphatic heterocycles. The van der Waals surface area contributed by atoms with E-state index in [1.54, 1.807) is 0 Å². The average Bonchev–Trinajstić information content (AvgIpc) is 2.03. The standard InChI is InChI=1S/C7H10Br2O2/c1-2-3-4-11-7(10)6(9)5-8/h5H,2-4H2,1H3. The molecule has 0 aromatic heterocycles. The number of carbonyl (C=O) groups excluding carboxylic acids is 1. The SMILES string of the molecule is CCCCOC(=O)C(Br)=CBr. The summed E-state index contributed by atoms with van der Waals surface area (Å²) in [4.78, 5) is 12.4. The van der Waals surface area contributed by atoms with Crippen molar-refractivity contribution in [1.82, 2.24) is 0 Å². The number of rotatable bonds is 4. The molecular weight excluding hydrogens is 276 g/mol. The van der Waals surface area contributed by atoms with Crippen molar-refractivity contribution in [2.24, 2.45) is 0 Å². The maximum Gasteiger partial charge on any atom is 0.345 e. The molecule has 0 aromatic carbocycles. The first-order valence-electron chi connectivity index (χ1n) is 3.35. The Morgan fingerprint density at radius 3 is 2.73 bits per heavy atom. The van der Waals surface area contributed by atoms with E-state index in [4.69, 9.17) is 4.74 Å². The van der Waals surface area contributed by atoms with Gasteiger partial charge in [-0.1, -0.05) is 29.3 Å². The molecule has 0 atom stereocenters. The third-order valence-electron chi connectivity index (χ3n) is 1.02. The van der Waals surface area contributed by atoms with E-state index in [2.05, 4.69) is 31.9 Å². The minimum Gasteiger partial charge on any atom is -0.462 e. The lowest BCUT2D eigenvalue weighted by atomic mass is 10.4. The molecule has 0 aliphatic rings. The number of esters is 1. The van der Waals surface area contributed by atoms with E-state index in [1.807, 2.05) is 6.92 Å². The Balaban J connectivity index is 3.53. The highest BCUT2D eigenvalue weighted by molar-refractivity contribution is 9.14. The fraction of sp³-hybridized carbons (Fsp3) is 0.571. The van der Waals surface area contributed by atoms with Crippen molar-refractivity contribution in [3.8, 4) is 0 Å². The molecule has 0 saturated carbocycles. The Morgan fingerprint density at radius 1 is 1.64 bits per heavy atom. The van der Waals surface area contributed by atoms with E-state index < -0.39 is 0 Å². The van der Waals surface area contributed by atoms with Gasteiger partial charge in [-0.25, -0.2) is 4.79 Å². The van der Waals surface area contributed by atoms with Crippen LogP contribution in [0.3, 0.4) is 0 Å². The molecule has 0 N–H and O–H groups in total. The molecule has 0 bridgehead atoms. The van der Waals surface area contributed by atoms with E-state index in [-0.39, 0.29) is 5.97 Å². The smallest absolute Gasteiger partial charge is 0.345 e. The first kappa shape index (κ1) is 11.2. The number of ether oxygens (including phenoxy) is 1. The molecular formula is C7H10Br2O2. The van der Waals surface area contributed by atoms with Crippen LogP contribution in [-0.4, -0.2) is 12.6 Å². The molecule has 0 spiro atoms. The highest BCUT2D eigenvalue weighted by atomic mass is 79.9. The van der Waals surface area contributed by atoms with Crippen LogP contribution < -0.4 is 0 Å². The summed E-state index contributed by atoms with van der Waals surface area (Å²) in [6.45, 7) is 2.54. The van der Waals surface area contributed by atoms with E-state index in [1.165, 1.54) is 4.99 Å². The van der Waals surface area contributed by atoms with Gasteiger partial charge in [-0.3, -0.25) is 0 Å². The van der Waals surface area contributed by atoms with Crippen molar-refractivity contribution in [3.63, 3.8) is 0 Å². The lowest BCUT2D eigenvalue weighted by Gasteiger charge is -2.00. The normalized spacial score (nSPS) is 11.4. The van der Waals surface area contributed by atoms with Crippen molar-refractivity contribution in [1.29, 1.82) is 0 Å². The Labute approximate surface area is 83.2 Å². The monoisotopic (exact) mass is 284 g/mol. The molecule has 0 amide bonds. The van der Waals surface area contributed by atoms with Crippen molar-refractivity contribution < 1.29 is 9.53 Å². The van der Waals surface area contributed by atoms with E-state index in [0.717, 1.165) is 12.8 Å². The minimum atomic E-state index is -0.324. The van der Waals surface area contributed by atoms with Gasteiger partial charge in [0, 0.05) is 4.99 Å². The van der Waals surface area contributed by atoms with Crippen molar-refractivity contribution in [2.75, 3.05) is 6.61 Å². The third kappa shape index (κ3) is 5.44. The summed E-state index contributed by atoms with van der Waals surface area (Å²) in [5.41, 5.74) is 0. The summed E-state index contributed by atoms with van der Waals surface area (Å²) >= 11 is 6.05. The molecule has 4 heteroatoms. The second kappa shape index (κ2) is 6.85. The number of hydrogen-bond acceptors (Lipinski definition) is 2. The molecule has 0 aromatic rings. The highest BCUT2D eigenvalue weighted by Crippen LogP contribution is 2.09. The number of hydrogen-bond donors (Lipinski definition) is 0. The Bertz CT molecular complexity index is 155. The predicted molar refractivity (Wildman–Crippen MR) is 51.8 cm³/mol. The zero-order valence-corrected chi connectivity index (χ0v) is 9.44. The third-order valence-corrected chi connectivity index (χ3v) is 2.65. The molecule has 0 unspecified atom stereocenters. The summed E-state index contributed by atoms with van der Waals surface area (Å²) in [6, 6.07) is 0. The first-order valence-corrected chi connectivity index (χ1v) is 5.06. The predicted octanol–water partition coefficient (Wildman–Crippen LogP) is 2.96. The van der Waals surface area contributed by atoms with Gasteiger partial charge in [-0.15, -0.1) is 0 Å². The molecule has 11 heavy (non-hydrogen) atoms. The van der Waals surface area contributed by atoms with Gasteiger partial charge in [-0.05, 0) is 22.4 Å². The quantitative estimate of drug-likeness (QED) is 0.451. The van der Waals surface area contributed by atoms with Crippen molar-refractivity contribution >= 4 is 37.8 Å². The van der Waals surface area contributed by atoms with Crippen LogP contribution in [0, 0.1) is 0 Å². The Hall–Kier alpha value is 0.170. The number of unbranched alkanes of at least 4 members (excludes halogenated alkanes) is 1. The highest BCUT2D eigenvalue weighted by Gasteiger charge is 2.04. The van der Waals surface area contributed by atoms with Crippen LogP contribution in [0.1, 0.15) is 19.8 Å². The fourth-order valence-electron chi connectivity index (χ4n) is 0.423. The summed E-state index contributed by atoms with van der Waals surface area (Å²) in [5, 5.41) is 0. The second-order valence-corrected chi connectivity index (χ2v) is 3.26. The van der Waals surface area contributed by atoms with Crippen LogP contribution in [-0.2, 0) is 9.53 Å². The maximum absolute atomic E-state index is 10.9. The lowest BCUT2D eigenvalue weighted by molar-refractivity contribution is -0.138. The van der Waals surface area contributed by atoms with Gasteiger partial charge in [0.05, 0.1) is 6.61 Å².